The van der Waals surface area contributed by atoms with E-state index in [1.54, 1.807) is 0 Å². The van der Waals surface area contributed by atoms with Gasteiger partial charge in [0.05, 0.1) is 35.4 Å². The van der Waals surface area contributed by atoms with Gasteiger partial charge in [0.1, 0.15) is 0 Å². The molecule has 0 radical (unpaired) electrons. The molecular formula is C36H53N5O2Si2. The lowest BCUT2D eigenvalue weighted by atomic mass is 9.95. The van der Waals surface area contributed by atoms with Crippen molar-refractivity contribution in [2.45, 2.75) is 116 Å². The van der Waals surface area contributed by atoms with Crippen molar-refractivity contribution in [1.29, 1.82) is 0 Å². The average Bonchev–Trinajstić information content (AvgIpc) is 3.61. The first-order valence-electron chi connectivity index (χ1n) is 16.4. The molecule has 242 valence electrons. The summed E-state index contributed by atoms with van der Waals surface area (Å²) < 4.78 is 15.1. The van der Waals surface area contributed by atoms with Crippen molar-refractivity contribution in [3.8, 4) is 17.1 Å². The topological polar surface area (TPSA) is 88.1 Å². The predicted octanol–water partition coefficient (Wildman–Crippen LogP) is 9.19. The summed E-state index contributed by atoms with van der Waals surface area (Å²) in [5.41, 5.74) is 11.7. The molecule has 1 aliphatic rings. The first kappa shape index (κ1) is 33.7. The van der Waals surface area contributed by atoms with Gasteiger partial charge in [0, 0.05) is 23.1 Å². The number of nitrogens with two attached hydrogens (primary N) is 1. The first-order valence-corrected chi connectivity index (χ1v) is 22.3. The molecule has 4 aromatic rings. The minimum absolute atomic E-state index is 0.118. The molecule has 0 bridgehead atoms. The standard InChI is InChI=1S/C36H53N5O2Si2/c1-35(2,3)44(7,8)42-24-28-13-11-16-33(39-28)41-32-22-25(17-18-27(32)23-38-41)30-14-12-15-31(40-30)34(37)26-19-20-29(21-26)43-45(9,10)36(4,5)6/h11-18,22-23,26,29,34H,19-21,24,37H2,1-10H3. The fourth-order valence-electron chi connectivity index (χ4n) is 5.54. The van der Waals surface area contributed by atoms with E-state index in [-0.39, 0.29) is 16.1 Å². The van der Waals surface area contributed by atoms with Crippen LogP contribution in [-0.2, 0) is 15.5 Å². The smallest absolute Gasteiger partial charge is 0.192 e. The Balaban J connectivity index is 1.34. The second-order valence-electron chi connectivity index (χ2n) is 15.9. The Morgan fingerprint density at radius 3 is 2.31 bits per heavy atom. The monoisotopic (exact) mass is 643 g/mol. The average molecular weight is 644 g/mol. The third kappa shape index (κ3) is 7.33. The van der Waals surface area contributed by atoms with E-state index in [4.69, 9.17) is 29.7 Å². The number of aromatic nitrogens is 4. The predicted molar refractivity (Wildman–Crippen MR) is 190 cm³/mol. The van der Waals surface area contributed by atoms with Gasteiger partial charge in [-0.25, -0.2) is 9.67 Å². The van der Waals surface area contributed by atoms with E-state index in [1.807, 2.05) is 29.1 Å². The van der Waals surface area contributed by atoms with Crippen molar-refractivity contribution in [3.05, 3.63) is 72.2 Å². The quantitative estimate of drug-likeness (QED) is 0.183. The lowest BCUT2D eigenvalue weighted by Crippen LogP contribution is -2.43. The van der Waals surface area contributed by atoms with Crippen LogP contribution in [0.5, 0.6) is 0 Å². The Labute approximate surface area is 272 Å². The molecule has 3 atom stereocenters. The molecule has 0 amide bonds. The Morgan fingerprint density at radius 2 is 1.60 bits per heavy atom. The molecular weight excluding hydrogens is 591 g/mol. The number of nitrogens with zero attached hydrogens (tertiary/aromatic N) is 4. The fourth-order valence-corrected chi connectivity index (χ4v) is 7.88. The van der Waals surface area contributed by atoms with Crippen LogP contribution in [0.2, 0.25) is 36.3 Å². The molecule has 1 fully saturated rings. The molecule has 3 unspecified atom stereocenters. The van der Waals surface area contributed by atoms with Gasteiger partial charge >= 0.3 is 0 Å². The summed E-state index contributed by atoms with van der Waals surface area (Å²) in [6.07, 6.45) is 5.32. The van der Waals surface area contributed by atoms with E-state index in [0.717, 1.165) is 58.6 Å². The van der Waals surface area contributed by atoms with Crippen molar-refractivity contribution >= 4 is 27.5 Å². The third-order valence-corrected chi connectivity index (χ3v) is 19.6. The molecule has 3 heterocycles. The summed E-state index contributed by atoms with van der Waals surface area (Å²) in [5, 5.41) is 6.11. The minimum Gasteiger partial charge on any atom is -0.414 e. The lowest BCUT2D eigenvalue weighted by Gasteiger charge is -2.38. The molecule has 5 rings (SSSR count). The normalized spacial score (nSPS) is 18.9. The molecule has 0 spiro atoms. The van der Waals surface area contributed by atoms with Crippen LogP contribution < -0.4 is 5.73 Å². The van der Waals surface area contributed by atoms with Crippen LogP contribution in [0.15, 0.2) is 60.8 Å². The Bertz CT molecular complexity index is 1640. The minimum atomic E-state index is -1.88. The maximum Gasteiger partial charge on any atom is 0.192 e. The molecule has 45 heavy (non-hydrogen) atoms. The van der Waals surface area contributed by atoms with Crippen LogP contribution >= 0.6 is 0 Å². The van der Waals surface area contributed by atoms with Crippen molar-refractivity contribution in [1.82, 2.24) is 19.7 Å². The number of benzene rings is 1. The number of rotatable bonds is 9. The highest BCUT2D eigenvalue weighted by Gasteiger charge is 2.42. The largest absolute Gasteiger partial charge is 0.414 e. The van der Waals surface area contributed by atoms with E-state index in [1.165, 1.54) is 0 Å². The first-order chi connectivity index (χ1) is 20.9. The van der Waals surface area contributed by atoms with Crippen molar-refractivity contribution in [2.24, 2.45) is 11.7 Å². The zero-order chi connectivity index (χ0) is 32.8. The van der Waals surface area contributed by atoms with Gasteiger partial charge in [-0.05, 0) is 91.8 Å². The molecule has 0 saturated heterocycles. The van der Waals surface area contributed by atoms with Gasteiger partial charge in [0.2, 0.25) is 0 Å². The van der Waals surface area contributed by atoms with E-state index >= 15 is 0 Å². The van der Waals surface area contributed by atoms with E-state index in [9.17, 15) is 0 Å². The second-order valence-corrected chi connectivity index (χ2v) is 25.5. The molecule has 0 aliphatic heterocycles. The Hall–Kier alpha value is -2.70. The van der Waals surface area contributed by atoms with E-state index < -0.39 is 16.6 Å². The summed E-state index contributed by atoms with van der Waals surface area (Å²) in [6.45, 7) is 23.4. The van der Waals surface area contributed by atoms with Crippen LogP contribution in [0.3, 0.4) is 0 Å². The van der Waals surface area contributed by atoms with E-state index in [0.29, 0.717) is 18.6 Å². The number of pyridine rings is 2. The van der Waals surface area contributed by atoms with Gasteiger partial charge in [0.25, 0.3) is 0 Å². The van der Waals surface area contributed by atoms with Crippen LogP contribution in [0, 0.1) is 5.92 Å². The van der Waals surface area contributed by atoms with Crippen LogP contribution in [0.25, 0.3) is 28.0 Å². The van der Waals surface area contributed by atoms with Gasteiger partial charge in [-0.3, -0.25) is 4.98 Å². The van der Waals surface area contributed by atoms with Gasteiger partial charge in [-0.1, -0.05) is 65.8 Å². The van der Waals surface area contributed by atoms with Gasteiger partial charge in [-0.15, -0.1) is 0 Å². The summed E-state index contributed by atoms with van der Waals surface area (Å²) in [7, 11) is -3.69. The summed E-state index contributed by atoms with van der Waals surface area (Å²) >= 11 is 0. The molecule has 2 N–H and O–H groups in total. The lowest BCUT2D eigenvalue weighted by molar-refractivity contribution is 0.180. The summed E-state index contributed by atoms with van der Waals surface area (Å²) in [4.78, 5) is 10.0. The number of hydrogen-bond donors (Lipinski definition) is 1. The maximum absolute atomic E-state index is 6.89. The SMILES string of the molecule is CC(C)(C)[Si](C)(C)OCc1cccc(-n2ncc3ccc(-c4cccc(C(N)C5CCC(O[Si](C)(C)C(C)(C)C)C5)n4)cc32)n1. The molecule has 9 heteroatoms. The second kappa shape index (κ2) is 12.5. The van der Waals surface area contributed by atoms with Crippen LogP contribution in [0.1, 0.15) is 78.2 Å². The van der Waals surface area contributed by atoms with Crippen LogP contribution in [-0.4, -0.2) is 42.5 Å². The fraction of sp³-hybridized carbons (Fsp3) is 0.528. The third-order valence-electron chi connectivity index (χ3n) is 10.6. The summed E-state index contributed by atoms with van der Waals surface area (Å²) in [6, 6.07) is 18.5. The van der Waals surface area contributed by atoms with Gasteiger partial charge < -0.3 is 14.6 Å². The Kier molecular flexibility index (Phi) is 9.34. The molecule has 1 aromatic carbocycles. The van der Waals surface area contributed by atoms with E-state index in [2.05, 4.69) is 104 Å². The Morgan fingerprint density at radius 1 is 0.889 bits per heavy atom. The molecule has 1 aliphatic carbocycles. The zero-order valence-corrected chi connectivity index (χ0v) is 31.0. The van der Waals surface area contributed by atoms with Crippen molar-refractivity contribution < 1.29 is 8.85 Å². The highest BCUT2D eigenvalue weighted by Crippen LogP contribution is 2.42. The van der Waals surface area contributed by atoms with Crippen molar-refractivity contribution in [2.75, 3.05) is 0 Å². The highest BCUT2D eigenvalue weighted by molar-refractivity contribution is 6.74. The number of fused-ring (bicyclic) bond motifs is 1. The van der Waals surface area contributed by atoms with Crippen LogP contribution in [0.4, 0.5) is 0 Å². The summed E-state index contributed by atoms with van der Waals surface area (Å²) in [5.74, 6) is 1.14. The zero-order valence-electron chi connectivity index (χ0n) is 29.0. The van der Waals surface area contributed by atoms with Crippen molar-refractivity contribution in [3.63, 3.8) is 0 Å². The maximum atomic E-state index is 6.89. The molecule has 3 aromatic heterocycles. The molecule has 1 saturated carbocycles. The molecule has 7 nitrogen and oxygen atoms in total. The van der Waals surface area contributed by atoms with Gasteiger partial charge in [-0.2, -0.15) is 5.10 Å². The van der Waals surface area contributed by atoms with Gasteiger partial charge in [0.15, 0.2) is 22.5 Å². The highest BCUT2D eigenvalue weighted by atomic mass is 28.4. The number of hydrogen-bond acceptors (Lipinski definition) is 6.